The summed E-state index contributed by atoms with van der Waals surface area (Å²) in [5.74, 6) is -1.17. The molecule has 1 aromatic rings. The van der Waals surface area contributed by atoms with Crippen molar-refractivity contribution in [1.29, 1.82) is 0 Å². The van der Waals surface area contributed by atoms with E-state index < -0.39 is 22.1 Å². The van der Waals surface area contributed by atoms with E-state index in [9.17, 15) is 18.3 Å². The highest BCUT2D eigenvalue weighted by atomic mass is 32.2. The van der Waals surface area contributed by atoms with Crippen LogP contribution in [0.3, 0.4) is 0 Å². The fraction of sp³-hybridized carbons (Fsp3) is 0.583. The minimum atomic E-state index is -3.81. The van der Waals surface area contributed by atoms with Crippen molar-refractivity contribution in [3.63, 3.8) is 0 Å². The van der Waals surface area contributed by atoms with E-state index in [-0.39, 0.29) is 17.1 Å². The van der Waals surface area contributed by atoms with Crippen LogP contribution in [0.1, 0.15) is 37.2 Å². The number of aromatic nitrogens is 1. The highest BCUT2D eigenvalue weighted by Gasteiger charge is 2.21. The number of aromatic carboxylic acids is 1. The van der Waals surface area contributed by atoms with Gasteiger partial charge in [-0.3, -0.25) is 0 Å². The Bertz CT molecular complexity index is 564. The van der Waals surface area contributed by atoms with Gasteiger partial charge in [0.25, 0.3) is 0 Å². The lowest BCUT2D eigenvalue weighted by Gasteiger charge is -2.09. The highest BCUT2D eigenvalue weighted by molar-refractivity contribution is 7.89. The van der Waals surface area contributed by atoms with E-state index in [1.54, 1.807) is 6.92 Å². The van der Waals surface area contributed by atoms with Crippen LogP contribution >= 0.6 is 0 Å². The predicted octanol–water partition coefficient (Wildman–Crippen LogP) is 0.645. The summed E-state index contributed by atoms with van der Waals surface area (Å²) in [6.45, 7) is 3.93. The van der Waals surface area contributed by atoms with Crippen molar-refractivity contribution in [2.45, 2.75) is 44.2 Å². The number of sulfonamides is 1. The molecule has 0 saturated carbocycles. The van der Waals surface area contributed by atoms with Crippen molar-refractivity contribution in [3.05, 3.63) is 18.0 Å². The normalized spacial score (nSPS) is 13.3. The van der Waals surface area contributed by atoms with E-state index in [0.29, 0.717) is 19.4 Å². The minimum Gasteiger partial charge on any atom is -0.477 e. The maximum atomic E-state index is 12.0. The van der Waals surface area contributed by atoms with Crippen molar-refractivity contribution in [3.8, 4) is 0 Å². The summed E-state index contributed by atoms with van der Waals surface area (Å²) >= 11 is 0. The van der Waals surface area contributed by atoms with Gasteiger partial charge in [-0.25, -0.2) is 17.9 Å². The number of hydrogen-bond donors (Lipinski definition) is 3. The molecule has 0 spiro atoms. The Morgan fingerprint density at radius 3 is 2.60 bits per heavy atom. The van der Waals surface area contributed by atoms with Gasteiger partial charge in [0.2, 0.25) is 10.0 Å². The molecule has 1 atom stereocenters. The molecular weight excluding hydrogens is 284 g/mol. The molecule has 0 aromatic carbocycles. The summed E-state index contributed by atoms with van der Waals surface area (Å²) in [6, 6.07) is 1.12. The smallest absolute Gasteiger partial charge is 0.352 e. The van der Waals surface area contributed by atoms with Gasteiger partial charge in [-0.2, -0.15) is 0 Å². The van der Waals surface area contributed by atoms with Gasteiger partial charge in [-0.15, -0.1) is 0 Å². The fourth-order valence-corrected chi connectivity index (χ4v) is 2.78. The molecule has 1 heterocycles. The molecular formula is C12H20N2O5S. The Balaban J connectivity index is 3.00. The van der Waals surface area contributed by atoms with Gasteiger partial charge in [-0.1, -0.05) is 13.8 Å². The summed E-state index contributed by atoms with van der Waals surface area (Å²) in [5, 5.41) is 18.4. The number of aliphatic hydroxyl groups is 1. The Hall–Kier alpha value is -1.38. The van der Waals surface area contributed by atoms with E-state index >= 15 is 0 Å². The number of carbonyl (C=O) groups is 1. The Morgan fingerprint density at radius 1 is 1.45 bits per heavy atom. The lowest BCUT2D eigenvalue weighted by molar-refractivity contribution is 0.0685. The van der Waals surface area contributed by atoms with Crippen LogP contribution in [-0.4, -0.2) is 41.8 Å². The molecule has 8 heteroatoms. The zero-order chi connectivity index (χ0) is 15.3. The number of hydrogen-bond acceptors (Lipinski definition) is 4. The molecule has 1 aromatic heterocycles. The average Bonchev–Trinajstić information content (AvgIpc) is 2.81. The molecule has 1 rings (SSSR count). The van der Waals surface area contributed by atoms with E-state index in [1.165, 1.54) is 10.8 Å². The molecule has 3 N–H and O–H groups in total. The topological polar surface area (TPSA) is 109 Å². The summed E-state index contributed by atoms with van der Waals surface area (Å²) in [6.07, 6.45) is 1.66. The second-order valence-electron chi connectivity index (χ2n) is 4.47. The number of carboxylic acid groups (broad SMARTS) is 1. The lowest BCUT2D eigenvalue weighted by atomic mass is 10.3. The summed E-state index contributed by atoms with van der Waals surface area (Å²) in [7, 11) is -3.81. The first-order valence-electron chi connectivity index (χ1n) is 6.43. The number of rotatable bonds is 8. The van der Waals surface area contributed by atoms with Gasteiger partial charge in [0.1, 0.15) is 10.6 Å². The molecule has 0 aliphatic rings. The summed E-state index contributed by atoms with van der Waals surface area (Å²) in [4.78, 5) is 11.0. The van der Waals surface area contributed by atoms with Gasteiger partial charge < -0.3 is 14.8 Å². The fourth-order valence-electron chi connectivity index (χ4n) is 1.67. The van der Waals surface area contributed by atoms with Crippen molar-refractivity contribution in [1.82, 2.24) is 9.29 Å². The van der Waals surface area contributed by atoms with E-state index in [4.69, 9.17) is 5.11 Å². The van der Waals surface area contributed by atoms with Gasteiger partial charge in [-0.05, 0) is 18.9 Å². The first-order chi connectivity index (χ1) is 9.31. The van der Waals surface area contributed by atoms with Crippen molar-refractivity contribution < 1.29 is 23.4 Å². The van der Waals surface area contributed by atoms with Crippen LogP contribution in [0, 0.1) is 0 Å². The zero-order valence-electron chi connectivity index (χ0n) is 11.5. The quantitative estimate of drug-likeness (QED) is 0.653. The van der Waals surface area contributed by atoms with Gasteiger partial charge >= 0.3 is 5.97 Å². The number of carboxylic acids is 1. The lowest BCUT2D eigenvalue weighted by Crippen LogP contribution is -2.31. The molecule has 0 fully saturated rings. The second kappa shape index (κ2) is 6.87. The van der Waals surface area contributed by atoms with Crippen molar-refractivity contribution in [2.75, 3.05) is 6.54 Å². The number of aliphatic hydroxyl groups excluding tert-OH is 1. The predicted molar refractivity (Wildman–Crippen MR) is 73.2 cm³/mol. The van der Waals surface area contributed by atoms with Crippen LogP contribution in [0.5, 0.6) is 0 Å². The van der Waals surface area contributed by atoms with Crippen LogP contribution in [0.2, 0.25) is 0 Å². The average molecular weight is 304 g/mol. The van der Waals surface area contributed by atoms with Crippen LogP contribution in [0.15, 0.2) is 17.2 Å². The third-order valence-corrected chi connectivity index (χ3v) is 4.24. The SMILES string of the molecule is CCCn1cc(S(=O)(=O)NCC(O)CC)cc1C(=O)O. The molecule has 0 aliphatic carbocycles. The van der Waals surface area contributed by atoms with Crippen LogP contribution < -0.4 is 4.72 Å². The Labute approximate surface area is 118 Å². The third-order valence-electron chi connectivity index (χ3n) is 2.85. The molecule has 0 amide bonds. The molecule has 20 heavy (non-hydrogen) atoms. The van der Waals surface area contributed by atoms with E-state index in [2.05, 4.69) is 4.72 Å². The molecule has 7 nitrogen and oxygen atoms in total. The molecule has 1 unspecified atom stereocenters. The first kappa shape index (κ1) is 16.7. The van der Waals surface area contributed by atoms with Crippen LogP contribution in [0.4, 0.5) is 0 Å². The summed E-state index contributed by atoms with van der Waals surface area (Å²) in [5.41, 5.74) is -0.0664. The Kier molecular flexibility index (Phi) is 5.73. The molecule has 114 valence electrons. The zero-order valence-corrected chi connectivity index (χ0v) is 12.4. The number of aryl methyl sites for hydroxylation is 1. The maximum Gasteiger partial charge on any atom is 0.352 e. The Morgan fingerprint density at radius 2 is 2.10 bits per heavy atom. The van der Waals surface area contributed by atoms with Crippen molar-refractivity contribution >= 4 is 16.0 Å². The van der Waals surface area contributed by atoms with Gasteiger partial charge in [0.15, 0.2) is 0 Å². The largest absolute Gasteiger partial charge is 0.477 e. The van der Waals surface area contributed by atoms with E-state index in [1.807, 2.05) is 6.92 Å². The van der Waals surface area contributed by atoms with Gasteiger partial charge in [0.05, 0.1) is 6.10 Å². The standard InChI is InChI=1S/C12H20N2O5S/c1-3-5-14-8-10(6-11(14)12(16)17)20(18,19)13-7-9(15)4-2/h6,8-9,13,15H,3-5,7H2,1-2H3,(H,16,17). The third kappa shape index (κ3) is 4.06. The van der Waals surface area contributed by atoms with Crippen LogP contribution in [-0.2, 0) is 16.6 Å². The molecule has 0 radical (unpaired) electrons. The summed E-state index contributed by atoms with van der Waals surface area (Å²) < 4.78 is 27.7. The van der Waals surface area contributed by atoms with Crippen molar-refractivity contribution in [2.24, 2.45) is 0 Å². The number of nitrogens with zero attached hydrogens (tertiary/aromatic N) is 1. The van der Waals surface area contributed by atoms with E-state index in [0.717, 1.165) is 6.07 Å². The maximum absolute atomic E-state index is 12.0. The molecule has 0 bridgehead atoms. The highest BCUT2D eigenvalue weighted by Crippen LogP contribution is 2.15. The minimum absolute atomic E-state index is 0.0664. The first-order valence-corrected chi connectivity index (χ1v) is 7.91. The molecule has 0 aliphatic heterocycles. The molecule has 0 saturated heterocycles. The number of nitrogens with one attached hydrogen (secondary N) is 1. The monoisotopic (exact) mass is 304 g/mol. The second-order valence-corrected chi connectivity index (χ2v) is 6.24. The van der Waals surface area contributed by atoms with Crippen LogP contribution in [0.25, 0.3) is 0 Å². The van der Waals surface area contributed by atoms with Gasteiger partial charge in [0, 0.05) is 19.3 Å².